The van der Waals surface area contributed by atoms with Crippen LogP contribution in [0.5, 0.6) is 0 Å². The molecule has 0 unspecified atom stereocenters. The minimum absolute atomic E-state index is 0.707. The van der Waals surface area contributed by atoms with E-state index in [4.69, 9.17) is 9.97 Å². The second kappa shape index (κ2) is 10.7. The van der Waals surface area contributed by atoms with E-state index in [2.05, 4.69) is 143 Å². The number of para-hydroxylation sites is 2. The topological polar surface area (TPSA) is 35.6 Å². The lowest BCUT2D eigenvalue weighted by molar-refractivity contribution is 1.12. The molecule has 216 valence electrons. The molecule has 0 aliphatic rings. The highest BCUT2D eigenvalue weighted by Crippen LogP contribution is 2.36. The van der Waals surface area contributed by atoms with Crippen LogP contribution in [0.3, 0.4) is 0 Å². The molecule has 0 amide bonds. The van der Waals surface area contributed by atoms with E-state index >= 15 is 0 Å². The van der Waals surface area contributed by atoms with E-state index in [-0.39, 0.29) is 0 Å². The Bertz CT molecular complexity index is 2430. The molecule has 0 bridgehead atoms. The van der Waals surface area contributed by atoms with Crippen molar-refractivity contribution in [1.29, 1.82) is 0 Å². The predicted octanol–water partition coefficient (Wildman–Crippen LogP) is 10.5. The van der Waals surface area contributed by atoms with Crippen LogP contribution in [-0.4, -0.2) is 19.1 Å². The highest BCUT2D eigenvalue weighted by Gasteiger charge is 2.15. The van der Waals surface area contributed by atoms with Crippen LogP contribution in [0.25, 0.3) is 78.0 Å². The fourth-order valence-corrected chi connectivity index (χ4v) is 6.54. The Morgan fingerprint density at radius 3 is 1.67 bits per heavy atom. The van der Waals surface area contributed by atoms with Crippen molar-refractivity contribution in [3.63, 3.8) is 0 Å². The van der Waals surface area contributed by atoms with Crippen LogP contribution in [0.2, 0.25) is 0 Å². The first-order valence-corrected chi connectivity index (χ1v) is 15.5. The Labute approximate surface area is 266 Å². The van der Waals surface area contributed by atoms with Crippen molar-refractivity contribution in [1.82, 2.24) is 19.1 Å². The van der Waals surface area contributed by atoms with Gasteiger partial charge in [-0.3, -0.25) is 0 Å². The first-order valence-electron chi connectivity index (χ1n) is 15.5. The molecule has 9 aromatic rings. The molecule has 0 atom stereocenters. The van der Waals surface area contributed by atoms with Gasteiger partial charge in [-0.25, -0.2) is 9.97 Å². The molecule has 4 nitrogen and oxygen atoms in total. The fourth-order valence-electron chi connectivity index (χ4n) is 6.54. The molecule has 0 radical (unpaired) electrons. The van der Waals surface area contributed by atoms with Crippen molar-refractivity contribution < 1.29 is 0 Å². The molecule has 4 heteroatoms. The zero-order valence-corrected chi connectivity index (χ0v) is 25.0. The molecular formula is C42H28N4. The fraction of sp³-hybridized carbons (Fsp3) is 0. The highest BCUT2D eigenvalue weighted by molar-refractivity contribution is 6.13. The van der Waals surface area contributed by atoms with Gasteiger partial charge in [0.25, 0.3) is 0 Å². The van der Waals surface area contributed by atoms with Gasteiger partial charge in [-0.1, -0.05) is 97.1 Å². The van der Waals surface area contributed by atoms with Crippen molar-refractivity contribution >= 4 is 32.7 Å². The van der Waals surface area contributed by atoms with Gasteiger partial charge >= 0.3 is 0 Å². The third-order valence-electron chi connectivity index (χ3n) is 8.77. The Morgan fingerprint density at radius 2 is 1.00 bits per heavy atom. The van der Waals surface area contributed by atoms with Gasteiger partial charge in [0.05, 0.1) is 27.9 Å². The van der Waals surface area contributed by atoms with Gasteiger partial charge in [0.2, 0.25) is 0 Å². The van der Waals surface area contributed by atoms with E-state index in [0.29, 0.717) is 5.82 Å². The summed E-state index contributed by atoms with van der Waals surface area (Å²) in [4.78, 5) is 10.0. The second-order valence-corrected chi connectivity index (χ2v) is 11.5. The van der Waals surface area contributed by atoms with Gasteiger partial charge in [0.1, 0.15) is 0 Å². The monoisotopic (exact) mass is 588 g/mol. The Balaban J connectivity index is 1.16. The summed E-state index contributed by atoms with van der Waals surface area (Å²) in [5.74, 6) is 0.707. The summed E-state index contributed by atoms with van der Waals surface area (Å²) in [5, 5.41) is 3.72. The minimum atomic E-state index is 0.707. The largest absolute Gasteiger partial charge is 0.316 e. The minimum Gasteiger partial charge on any atom is -0.316 e. The maximum atomic E-state index is 5.01. The normalized spacial score (nSPS) is 11.5. The number of hydrogen-bond donors (Lipinski definition) is 0. The quantitative estimate of drug-likeness (QED) is 0.200. The Morgan fingerprint density at radius 1 is 0.391 bits per heavy atom. The molecule has 6 aromatic carbocycles. The van der Waals surface area contributed by atoms with Crippen molar-refractivity contribution in [3.8, 4) is 45.3 Å². The molecule has 46 heavy (non-hydrogen) atoms. The van der Waals surface area contributed by atoms with Gasteiger partial charge in [-0.05, 0) is 66.7 Å². The van der Waals surface area contributed by atoms with Crippen LogP contribution in [0.1, 0.15) is 0 Å². The van der Waals surface area contributed by atoms with Crippen LogP contribution in [0, 0.1) is 0 Å². The van der Waals surface area contributed by atoms with Crippen LogP contribution < -0.4 is 0 Å². The molecule has 9 rings (SSSR count). The molecule has 0 aliphatic heterocycles. The average molecular weight is 589 g/mol. The second-order valence-electron chi connectivity index (χ2n) is 11.5. The number of fused-ring (bicyclic) bond motifs is 4. The van der Waals surface area contributed by atoms with Crippen molar-refractivity contribution in [2.75, 3.05) is 0 Å². The number of aromatic nitrogens is 4. The highest BCUT2D eigenvalue weighted by atomic mass is 15.0. The number of benzene rings is 6. The first-order chi connectivity index (χ1) is 22.8. The molecule has 3 heterocycles. The summed E-state index contributed by atoms with van der Waals surface area (Å²) >= 11 is 0. The SMILES string of the molecule is c1ccc(-c2cc(-c3ccccc3)nc(-c3ccc(-n4ccc5cc6c7ccccc7n(-c7ccccc7)c6cc54)cc3)n2)cc1. The first kappa shape index (κ1) is 26.2. The lowest BCUT2D eigenvalue weighted by atomic mass is 10.1. The summed E-state index contributed by atoms with van der Waals surface area (Å²) in [5.41, 5.74) is 10.7. The van der Waals surface area contributed by atoms with E-state index in [9.17, 15) is 0 Å². The summed E-state index contributed by atoms with van der Waals surface area (Å²) in [6.45, 7) is 0. The van der Waals surface area contributed by atoms with Gasteiger partial charge in [-0.15, -0.1) is 0 Å². The molecule has 0 saturated carbocycles. The van der Waals surface area contributed by atoms with Crippen LogP contribution in [0.15, 0.2) is 170 Å². The summed E-state index contributed by atoms with van der Waals surface area (Å²) in [6, 6.07) is 57.4. The standard InChI is InChI=1S/C42H28N4/c1-4-12-29(13-5-1)37-27-38(30-14-6-2-7-15-30)44-42(43-37)31-20-22-33(23-21-31)45-25-24-32-26-36-35-18-10-11-19-39(35)46(41(36)28-40(32)45)34-16-8-3-9-17-34/h1-28H. The van der Waals surface area contributed by atoms with E-state index in [1.54, 1.807) is 0 Å². The van der Waals surface area contributed by atoms with Crippen molar-refractivity contribution in [3.05, 3.63) is 170 Å². The summed E-state index contributed by atoms with van der Waals surface area (Å²) < 4.78 is 4.63. The van der Waals surface area contributed by atoms with Crippen LogP contribution >= 0.6 is 0 Å². The molecular weight excluding hydrogens is 560 g/mol. The average Bonchev–Trinajstić information content (AvgIpc) is 3.70. The molecule has 0 fully saturated rings. The Hall–Kier alpha value is -6.26. The van der Waals surface area contributed by atoms with Crippen LogP contribution in [0.4, 0.5) is 0 Å². The van der Waals surface area contributed by atoms with Crippen molar-refractivity contribution in [2.45, 2.75) is 0 Å². The van der Waals surface area contributed by atoms with E-state index in [1.807, 2.05) is 36.4 Å². The lowest BCUT2D eigenvalue weighted by Gasteiger charge is -2.11. The maximum absolute atomic E-state index is 5.01. The molecule has 0 aliphatic carbocycles. The van der Waals surface area contributed by atoms with Crippen LogP contribution in [-0.2, 0) is 0 Å². The Kier molecular flexibility index (Phi) is 6.10. The van der Waals surface area contributed by atoms with E-state index in [1.165, 1.54) is 27.2 Å². The van der Waals surface area contributed by atoms with Gasteiger partial charge in [0.15, 0.2) is 5.82 Å². The summed E-state index contributed by atoms with van der Waals surface area (Å²) in [6.07, 6.45) is 2.16. The van der Waals surface area contributed by atoms with Gasteiger partial charge in [-0.2, -0.15) is 0 Å². The lowest BCUT2D eigenvalue weighted by Crippen LogP contribution is -1.97. The zero-order valence-electron chi connectivity index (χ0n) is 25.0. The van der Waals surface area contributed by atoms with Crippen molar-refractivity contribution in [2.24, 2.45) is 0 Å². The van der Waals surface area contributed by atoms with Gasteiger partial charge in [0, 0.05) is 50.4 Å². The van der Waals surface area contributed by atoms with E-state index < -0.39 is 0 Å². The molecule has 3 aromatic heterocycles. The predicted molar refractivity (Wildman–Crippen MR) is 190 cm³/mol. The third kappa shape index (κ3) is 4.39. The summed E-state index contributed by atoms with van der Waals surface area (Å²) in [7, 11) is 0. The maximum Gasteiger partial charge on any atom is 0.160 e. The zero-order chi connectivity index (χ0) is 30.5. The molecule has 0 spiro atoms. The number of rotatable bonds is 5. The molecule has 0 N–H and O–H groups in total. The number of nitrogens with zero attached hydrogens (tertiary/aromatic N) is 4. The van der Waals surface area contributed by atoms with Gasteiger partial charge < -0.3 is 9.13 Å². The molecule has 0 saturated heterocycles. The van der Waals surface area contributed by atoms with E-state index in [0.717, 1.165) is 45.0 Å². The smallest absolute Gasteiger partial charge is 0.160 e. The third-order valence-corrected chi connectivity index (χ3v) is 8.77. The number of hydrogen-bond acceptors (Lipinski definition) is 2.